The van der Waals surface area contributed by atoms with E-state index in [9.17, 15) is 13.2 Å². The highest BCUT2D eigenvalue weighted by atomic mass is 127. The summed E-state index contributed by atoms with van der Waals surface area (Å²) < 4.78 is 36.0. The van der Waals surface area contributed by atoms with Crippen molar-refractivity contribution < 1.29 is 13.2 Å². The predicted octanol–water partition coefficient (Wildman–Crippen LogP) is 2.63. The molecule has 4 nitrogen and oxygen atoms in total. The summed E-state index contributed by atoms with van der Waals surface area (Å²) in [5.74, 6) is 0.328. The van der Waals surface area contributed by atoms with Crippen molar-refractivity contribution in [3.8, 4) is 0 Å². The standard InChI is InChI=1S/C12H17F3N4.HI/c1-9-4-3-6-17-10(9)8-19-11(16-2)18-7-5-12(13,14)15;/h3-4,6H,5,7-8H2,1-2H3,(H2,16,18,19);1H. The van der Waals surface area contributed by atoms with Crippen LogP contribution in [0.25, 0.3) is 0 Å². The molecule has 114 valence electrons. The molecule has 1 aromatic rings. The van der Waals surface area contributed by atoms with Crippen LogP contribution in [0.2, 0.25) is 0 Å². The van der Waals surface area contributed by atoms with Gasteiger partial charge < -0.3 is 10.6 Å². The maximum Gasteiger partial charge on any atom is 0.390 e. The number of nitrogens with one attached hydrogen (secondary N) is 2. The molecular weight excluding hydrogens is 384 g/mol. The molecule has 0 amide bonds. The predicted molar refractivity (Wildman–Crippen MR) is 83.3 cm³/mol. The molecular formula is C12H18F3IN4. The van der Waals surface area contributed by atoms with Gasteiger partial charge in [-0.3, -0.25) is 9.98 Å². The molecule has 0 bridgehead atoms. The van der Waals surface area contributed by atoms with Crippen LogP contribution >= 0.6 is 24.0 Å². The maximum absolute atomic E-state index is 12.0. The first-order chi connectivity index (χ1) is 8.92. The maximum atomic E-state index is 12.0. The zero-order valence-electron chi connectivity index (χ0n) is 11.3. The number of aromatic nitrogens is 1. The molecule has 8 heteroatoms. The summed E-state index contributed by atoms with van der Waals surface area (Å²) in [6.45, 7) is 2.13. The molecule has 2 N–H and O–H groups in total. The minimum Gasteiger partial charge on any atom is -0.356 e. The lowest BCUT2D eigenvalue weighted by Crippen LogP contribution is -2.38. The van der Waals surface area contributed by atoms with Crippen LogP contribution in [-0.2, 0) is 6.54 Å². The molecule has 0 aromatic carbocycles. The first-order valence-corrected chi connectivity index (χ1v) is 5.84. The molecule has 0 fully saturated rings. The molecule has 1 rings (SSSR count). The Bertz CT molecular complexity index is 435. The van der Waals surface area contributed by atoms with Crippen LogP contribution in [0.3, 0.4) is 0 Å². The Morgan fingerprint density at radius 1 is 1.35 bits per heavy atom. The van der Waals surface area contributed by atoms with Crippen molar-refractivity contribution in [2.24, 2.45) is 4.99 Å². The number of hydrogen-bond donors (Lipinski definition) is 2. The number of guanidine groups is 1. The van der Waals surface area contributed by atoms with Gasteiger partial charge in [0.05, 0.1) is 18.7 Å². The van der Waals surface area contributed by atoms with Crippen molar-refractivity contribution in [3.63, 3.8) is 0 Å². The second kappa shape index (κ2) is 8.98. The van der Waals surface area contributed by atoms with E-state index in [-0.39, 0.29) is 30.5 Å². The minimum absolute atomic E-state index is 0. The van der Waals surface area contributed by atoms with Crippen LogP contribution in [0.15, 0.2) is 23.3 Å². The molecule has 20 heavy (non-hydrogen) atoms. The number of aliphatic imine (C=N–C) groups is 1. The van der Waals surface area contributed by atoms with Crippen LogP contribution in [-0.4, -0.2) is 30.7 Å². The highest BCUT2D eigenvalue weighted by Gasteiger charge is 2.26. The molecule has 0 radical (unpaired) electrons. The van der Waals surface area contributed by atoms with Crippen molar-refractivity contribution in [3.05, 3.63) is 29.6 Å². The topological polar surface area (TPSA) is 49.3 Å². The van der Waals surface area contributed by atoms with E-state index in [4.69, 9.17) is 0 Å². The van der Waals surface area contributed by atoms with Gasteiger partial charge in [0.15, 0.2) is 5.96 Å². The average molecular weight is 402 g/mol. The fourth-order valence-electron chi connectivity index (χ4n) is 1.41. The lowest BCUT2D eigenvalue weighted by atomic mass is 10.2. The molecule has 0 saturated carbocycles. The zero-order chi connectivity index (χ0) is 14.3. The number of aryl methyl sites for hydroxylation is 1. The minimum atomic E-state index is -4.16. The normalized spacial score (nSPS) is 11.8. The number of alkyl halides is 3. The Kier molecular flexibility index (Phi) is 8.51. The van der Waals surface area contributed by atoms with Gasteiger partial charge in [0.25, 0.3) is 0 Å². The number of hydrogen-bond acceptors (Lipinski definition) is 2. The molecule has 1 aromatic heterocycles. The zero-order valence-corrected chi connectivity index (χ0v) is 13.6. The van der Waals surface area contributed by atoms with Crippen molar-refractivity contribution in [2.75, 3.05) is 13.6 Å². The van der Waals surface area contributed by atoms with E-state index in [0.29, 0.717) is 12.5 Å². The summed E-state index contributed by atoms with van der Waals surface area (Å²) in [5.41, 5.74) is 1.85. The van der Waals surface area contributed by atoms with Crippen LogP contribution in [0.1, 0.15) is 17.7 Å². The van der Waals surface area contributed by atoms with Crippen molar-refractivity contribution in [1.29, 1.82) is 0 Å². The Labute approximate surface area is 133 Å². The molecule has 0 saturated heterocycles. The van der Waals surface area contributed by atoms with E-state index in [1.54, 1.807) is 6.20 Å². The monoisotopic (exact) mass is 402 g/mol. The summed E-state index contributed by atoms with van der Waals surface area (Å²) >= 11 is 0. The molecule has 0 unspecified atom stereocenters. The Morgan fingerprint density at radius 3 is 2.60 bits per heavy atom. The Morgan fingerprint density at radius 2 is 2.05 bits per heavy atom. The highest BCUT2D eigenvalue weighted by Crippen LogP contribution is 2.17. The summed E-state index contributed by atoms with van der Waals surface area (Å²) in [7, 11) is 1.51. The van der Waals surface area contributed by atoms with Gasteiger partial charge in [0.2, 0.25) is 0 Å². The van der Waals surface area contributed by atoms with Crippen molar-refractivity contribution in [2.45, 2.75) is 26.1 Å². The molecule has 0 atom stereocenters. The van der Waals surface area contributed by atoms with Crippen molar-refractivity contribution in [1.82, 2.24) is 15.6 Å². The lowest BCUT2D eigenvalue weighted by molar-refractivity contribution is -0.132. The van der Waals surface area contributed by atoms with Gasteiger partial charge in [-0.1, -0.05) is 6.07 Å². The van der Waals surface area contributed by atoms with Gasteiger partial charge in [-0.05, 0) is 18.6 Å². The lowest BCUT2D eigenvalue weighted by Gasteiger charge is -2.13. The molecule has 0 aliphatic heterocycles. The van der Waals surface area contributed by atoms with Gasteiger partial charge in [-0.25, -0.2) is 0 Å². The number of pyridine rings is 1. The van der Waals surface area contributed by atoms with Gasteiger partial charge in [0, 0.05) is 19.8 Å². The van der Waals surface area contributed by atoms with E-state index in [0.717, 1.165) is 11.3 Å². The SMILES string of the molecule is CN=C(NCCC(F)(F)F)NCc1ncccc1C.I. The second-order valence-corrected chi connectivity index (χ2v) is 3.98. The summed E-state index contributed by atoms with van der Waals surface area (Å²) in [5, 5.41) is 5.53. The van der Waals surface area contributed by atoms with Gasteiger partial charge in [-0.2, -0.15) is 13.2 Å². The molecule has 0 spiro atoms. The molecule has 0 aliphatic carbocycles. The van der Waals surface area contributed by atoms with Gasteiger partial charge in [0.1, 0.15) is 0 Å². The summed E-state index contributed by atoms with van der Waals surface area (Å²) in [6.07, 6.45) is -3.39. The van der Waals surface area contributed by atoms with Crippen LogP contribution in [0, 0.1) is 6.92 Å². The molecule has 0 aliphatic rings. The first-order valence-electron chi connectivity index (χ1n) is 5.84. The smallest absolute Gasteiger partial charge is 0.356 e. The largest absolute Gasteiger partial charge is 0.390 e. The first kappa shape index (κ1) is 18.9. The quantitative estimate of drug-likeness (QED) is 0.463. The summed E-state index contributed by atoms with van der Waals surface area (Å²) in [6, 6.07) is 3.75. The third-order valence-electron chi connectivity index (χ3n) is 2.47. The van der Waals surface area contributed by atoms with E-state index in [2.05, 4.69) is 20.6 Å². The van der Waals surface area contributed by atoms with E-state index >= 15 is 0 Å². The third kappa shape index (κ3) is 7.51. The second-order valence-electron chi connectivity index (χ2n) is 3.98. The fraction of sp³-hybridized carbons (Fsp3) is 0.500. The van der Waals surface area contributed by atoms with Crippen LogP contribution in [0.4, 0.5) is 13.2 Å². The molecule has 1 heterocycles. The Hall–Kier alpha value is -1.06. The van der Waals surface area contributed by atoms with E-state index in [1.165, 1.54) is 7.05 Å². The highest BCUT2D eigenvalue weighted by molar-refractivity contribution is 14.0. The van der Waals surface area contributed by atoms with Gasteiger partial charge in [-0.15, -0.1) is 24.0 Å². The van der Waals surface area contributed by atoms with Crippen molar-refractivity contribution >= 4 is 29.9 Å². The summed E-state index contributed by atoms with van der Waals surface area (Å²) in [4.78, 5) is 8.03. The van der Waals surface area contributed by atoms with Crippen LogP contribution < -0.4 is 10.6 Å². The third-order valence-corrected chi connectivity index (χ3v) is 2.47. The van der Waals surface area contributed by atoms with E-state index < -0.39 is 12.6 Å². The Balaban J connectivity index is 0.00000361. The average Bonchev–Trinajstić information content (AvgIpc) is 2.34. The number of rotatable bonds is 4. The van der Waals surface area contributed by atoms with Crippen LogP contribution in [0.5, 0.6) is 0 Å². The number of halogens is 4. The fourth-order valence-corrected chi connectivity index (χ4v) is 1.41. The number of nitrogens with zero attached hydrogens (tertiary/aromatic N) is 2. The van der Waals surface area contributed by atoms with E-state index in [1.807, 2.05) is 19.1 Å². The van der Waals surface area contributed by atoms with Gasteiger partial charge >= 0.3 is 6.18 Å².